The lowest BCUT2D eigenvalue weighted by Gasteiger charge is -2.16. The lowest BCUT2D eigenvalue weighted by Crippen LogP contribution is -2.40. The minimum absolute atomic E-state index is 0.0972. The van der Waals surface area contributed by atoms with E-state index in [0.29, 0.717) is 12.5 Å². The highest BCUT2D eigenvalue weighted by Gasteiger charge is 2.58. The topological polar surface area (TPSA) is 12.0 Å². The lowest BCUT2D eigenvalue weighted by atomic mass is 10.2. The van der Waals surface area contributed by atoms with Crippen molar-refractivity contribution >= 4 is 0 Å². The van der Waals surface area contributed by atoms with Crippen molar-refractivity contribution in [2.75, 3.05) is 6.54 Å². The molecule has 58 valence electrons. The summed E-state index contributed by atoms with van der Waals surface area (Å²) in [5.74, 6) is 0.228. The first-order chi connectivity index (χ1) is 4.59. The summed E-state index contributed by atoms with van der Waals surface area (Å²) in [4.78, 5) is 0. The number of nitrogens with one attached hydrogen (secondary N) is 1. The molecular weight excluding hydrogens is 143 g/mol. The second-order valence-corrected chi connectivity index (χ2v) is 3.09. The molecule has 3 atom stereocenters. The van der Waals surface area contributed by atoms with Crippen LogP contribution in [0.4, 0.5) is 13.2 Å². The summed E-state index contributed by atoms with van der Waals surface area (Å²) in [6.45, 7) is 0.564. The van der Waals surface area contributed by atoms with Crippen molar-refractivity contribution in [2.24, 2.45) is 11.8 Å². The van der Waals surface area contributed by atoms with Crippen molar-refractivity contribution in [3.05, 3.63) is 0 Å². The number of hydrogen-bond acceptors (Lipinski definition) is 1. The molecule has 2 rings (SSSR count). The zero-order valence-electron chi connectivity index (χ0n) is 5.28. The van der Waals surface area contributed by atoms with E-state index in [1.54, 1.807) is 0 Å². The molecule has 2 fully saturated rings. The fraction of sp³-hybridized carbons (Fsp3) is 1.00. The third-order valence-electron chi connectivity index (χ3n) is 2.36. The van der Waals surface area contributed by atoms with Crippen LogP contribution in [0.1, 0.15) is 6.42 Å². The Hall–Kier alpha value is -0.250. The maximum absolute atomic E-state index is 12.0. The third kappa shape index (κ3) is 0.820. The van der Waals surface area contributed by atoms with Gasteiger partial charge in [0.2, 0.25) is 0 Å². The fourth-order valence-electron chi connectivity index (χ4n) is 1.70. The average molecular weight is 151 g/mol. The van der Waals surface area contributed by atoms with Crippen molar-refractivity contribution in [2.45, 2.75) is 18.6 Å². The maximum Gasteiger partial charge on any atom is 0.404 e. The van der Waals surface area contributed by atoms with Crippen molar-refractivity contribution in [3.8, 4) is 0 Å². The van der Waals surface area contributed by atoms with Gasteiger partial charge in [-0.25, -0.2) is 0 Å². The minimum atomic E-state index is -4.02. The van der Waals surface area contributed by atoms with Gasteiger partial charge in [-0.3, -0.25) is 0 Å². The van der Waals surface area contributed by atoms with Gasteiger partial charge in [0.1, 0.15) is 6.04 Å². The molecule has 1 aliphatic carbocycles. The van der Waals surface area contributed by atoms with Crippen molar-refractivity contribution < 1.29 is 13.2 Å². The van der Waals surface area contributed by atoms with Crippen molar-refractivity contribution in [3.63, 3.8) is 0 Å². The molecule has 4 heteroatoms. The lowest BCUT2D eigenvalue weighted by molar-refractivity contribution is -0.156. The van der Waals surface area contributed by atoms with Gasteiger partial charge in [-0.1, -0.05) is 0 Å². The van der Waals surface area contributed by atoms with Crippen molar-refractivity contribution in [1.82, 2.24) is 5.32 Å². The van der Waals surface area contributed by atoms with Gasteiger partial charge in [-0.15, -0.1) is 0 Å². The van der Waals surface area contributed by atoms with Gasteiger partial charge < -0.3 is 5.32 Å². The van der Waals surface area contributed by atoms with Crippen LogP contribution in [0.15, 0.2) is 0 Å². The largest absolute Gasteiger partial charge is 0.404 e. The summed E-state index contributed by atoms with van der Waals surface area (Å²) < 4.78 is 35.9. The SMILES string of the molecule is FC(F)(F)[C@H]1NC[C@@H]2C[C@@H]21. The van der Waals surface area contributed by atoms with E-state index in [2.05, 4.69) is 5.32 Å². The van der Waals surface area contributed by atoms with Gasteiger partial charge in [-0.05, 0) is 24.8 Å². The van der Waals surface area contributed by atoms with Crippen LogP contribution >= 0.6 is 0 Å². The smallest absolute Gasteiger partial charge is 0.306 e. The molecule has 0 spiro atoms. The zero-order chi connectivity index (χ0) is 7.35. The highest BCUT2D eigenvalue weighted by Crippen LogP contribution is 2.49. The molecule has 0 radical (unpaired) electrons. The van der Waals surface area contributed by atoms with E-state index in [1.807, 2.05) is 0 Å². The van der Waals surface area contributed by atoms with Crippen LogP contribution in [-0.2, 0) is 0 Å². The molecule has 1 saturated heterocycles. The second kappa shape index (κ2) is 1.67. The molecular formula is C6H8F3N. The van der Waals surface area contributed by atoms with E-state index in [1.165, 1.54) is 0 Å². The highest BCUT2D eigenvalue weighted by atomic mass is 19.4. The maximum atomic E-state index is 12.0. The van der Waals surface area contributed by atoms with Crippen LogP contribution in [-0.4, -0.2) is 18.8 Å². The van der Waals surface area contributed by atoms with Gasteiger partial charge in [0.15, 0.2) is 0 Å². The molecule has 1 saturated carbocycles. The summed E-state index contributed by atoms with van der Waals surface area (Å²) in [6.07, 6.45) is -3.24. The quantitative estimate of drug-likeness (QED) is 0.547. The van der Waals surface area contributed by atoms with Crippen LogP contribution in [0.2, 0.25) is 0 Å². The number of halogens is 3. The Morgan fingerprint density at radius 2 is 2.00 bits per heavy atom. The Kier molecular flexibility index (Phi) is 1.08. The molecule has 0 aromatic carbocycles. The summed E-state index contributed by atoms with van der Waals surface area (Å²) in [5.41, 5.74) is 0. The number of piperidine rings is 1. The van der Waals surface area contributed by atoms with E-state index in [9.17, 15) is 13.2 Å². The number of alkyl halides is 3. The van der Waals surface area contributed by atoms with E-state index in [-0.39, 0.29) is 5.92 Å². The molecule has 0 bridgehead atoms. The predicted octanol–water partition coefficient (Wildman–Crippen LogP) is 1.16. The van der Waals surface area contributed by atoms with Gasteiger partial charge >= 0.3 is 6.18 Å². The molecule has 1 N–H and O–H groups in total. The van der Waals surface area contributed by atoms with Crippen LogP contribution in [0.3, 0.4) is 0 Å². The number of hydrogen-bond donors (Lipinski definition) is 1. The average Bonchev–Trinajstić information content (AvgIpc) is 2.40. The third-order valence-corrected chi connectivity index (χ3v) is 2.36. The molecule has 2 aliphatic rings. The first-order valence-corrected chi connectivity index (χ1v) is 3.39. The van der Waals surface area contributed by atoms with Crippen LogP contribution in [0.5, 0.6) is 0 Å². The van der Waals surface area contributed by atoms with Crippen LogP contribution < -0.4 is 5.32 Å². The molecule has 10 heavy (non-hydrogen) atoms. The Morgan fingerprint density at radius 3 is 2.20 bits per heavy atom. The first kappa shape index (κ1) is 6.46. The molecule has 0 unspecified atom stereocenters. The fourth-order valence-corrected chi connectivity index (χ4v) is 1.70. The Morgan fingerprint density at radius 1 is 1.30 bits per heavy atom. The van der Waals surface area contributed by atoms with Crippen molar-refractivity contribution in [1.29, 1.82) is 0 Å². The molecule has 0 aromatic heterocycles. The second-order valence-electron chi connectivity index (χ2n) is 3.09. The number of fused-ring (bicyclic) bond motifs is 1. The predicted molar refractivity (Wildman–Crippen MR) is 29.4 cm³/mol. The molecule has 0 aromatic rings. The summed E-state index contributed by atoms with van der Waals surface area (Å²) >= 11 is 0. The summed E-state index contributed by atoms with van der Waals surface area (Å²) in [5, 5.41) is 2.47. The minimum Gasteiger partial charge on any atom is -0.306 e. The van der Waals surface area contributed by atoms with Gasteiger partial charge in [0, 0.05) is 0 Å². The molecule has 0 amide bonds. The standard InChI is InChI=1S/C6H8F3N/c7-6(8,9)5-4-1-3(4)2-10-5/h3-5,10H,1-2H2/t3-,4-,5-/m0/s1. The highest BCUT2D eigenvalue weighted by molar-refractivity contribution is 5.04. The monoisotopic (exact) mass is 151 g/mol. The summed E-state index contributed by atoms with van der Waals surface area (Å²) in [7, 11) is 0. The van der Waals surface area contributed by atoms with Gasteiger partial charge in [-0.2, -0.15) is 13.2 Å². The Bertz CT molecular complexity index is 154. The van der Waals surface area contributed by atoms with E-state index >= 15 is 0 Å². The molecule has 1 aliphatic heterocycles. The first-order valence-electron chi connectivity index (χ1n) is 3.39. The normalized spacial score (nSPS) is 45.3. The van der Waals surface area contributed by atoms with Gasteiger partial charge in [0.05, 0.1) is 0 Å². The van der Waals surface area contributed by atoms with E-state index in [4.69, 9.17) is 0 Å². The Labute approximate surface area is 56.6 Å². The van der Waals surface area contributed by atoms with Crippen LogP contribution in [0, 0.1) is 11.8 Å². The summed E-state index contributed by atoms with van der Waals surface area (Å²) in [6, 6.07) is -1.20. The van der Waals surface area contributed by atoms with Gasteiger partial charge in [0.25, 0.3) is 0 Å². The molecule has 1 nitrogen and oxygen atoms in total. The zero-order valence-corrected chi connectivity index (χ0v) is 5.28. The van der Waals surface area contributed by atoms with Crippen LogP contribution in [0.25, 0.3) is 0 Å². The number of rotatable bonds is 0. The molecule has 1 heterocycles. The Balaban J connectivity index is 2.05. The van der Waals surface area contributed by atoms with E-state index in [0.717, 1.165) is 6.42 Å². The van der Waals surface area contributed by atoms with E-state index < -0.39 is 12.2 Å².